The average molecular weight is 279 g/mol. The summed E-state index contributed by atoms with van der Waals surface area (Å²) in [5.41, 5.74) is 6.22. The molecule has 3 rings (SSSR count). The van der Waals surface area contributed by atoms with E-state index < -0.39 is 11.6 Å². The second-order valence-corrected chi connectivity index (χ2v) is 4.99. The summed E-state index contributed by atoms with van der Waals surface area (Å²) in [5.74, 6) is -0.0387. The Morgan fingerprint density at radius 2 is 2.25 bits per heavy atom. The number of halogens is 2. The van der Waals surface area contributed by atoms with Crippen LogP contribution in [0.2, 0.25) is 0 Å². The first-order valence-electron chi connectivity index (χ1n) is 6.47. The summed E-state index contributed by atoms with van der Waals surface area (Å²) in [6.45, 7) is 1.55. The highest BCUT2D eigenvalue weighted by Crippen LogP contribution is 2.17. The van der Waals surface area contributed by atoms with Crippen LogP contribution >= 0.6 is 0 Å². The second kappa shape index (κ2) is 5.16. The van der Waals surface area contributed by atoms with Crippen molar-refractivity contribution in [2.75, 3.05) is 18.0 Å². The van der Waals surface area contributed by atoms with Crippen LogP contribution in [0.4, 0.5) is 14.7 Å². The van der Waals surface area contributed by atoms with E-state index in [1.54, 1.807) is 0 Å². The summed E-state index contributed by atoms with van der Waals surface area (Å²) in [6, 6.07) is 3.66. The summed E-state index contributed by atoms with van der Waals surface area (Å²) in [7, 11) is 0. The molecule has 1 atom stereocenters. The lowest BCUT2D eigenvalue weighted by molar-refractivity contribution is 0.573. The van der Waals surface area contributed by atoms with E-state index in [2.05, 4.69) is 15.2 Å². The van der Waals surface area contributed by atoms with E-state index in [1.165, 1.54) is 12.1 Å². The molecule has 2 aromatic rings. The molecule has 0 aliphatic carbocycles. The van der Waals surface area contributed by atoms with E-state index in [0.717, 1.165) is 25.6 Å². The smallest absolute Gasteiger partial charge is 0.244 e. The van der Waals surface area contributed by atoms with Gasteiger partial charge in [0.1, 0.15) is 17.5 Å². The SMILES string of the molecule is NC1CCN(c2n[nH]c(Cc3ccc(F)cc3F)n2)C1. The lowest BCUT2D eigenvalue weighted by Crippen LogP contribution is -2.27. The summed E-state index contributed by atoms with van der Waals surface area (Å²) in [4.78, 5) is 6.32. The van der Waals surface area contributed by atoms with E-state index in [4.69, 9.17) is 5.73 Å². The lowest BCUT2D eigenvalue weighted by atomic mass is 10.1. The molecule has 0 spiro atoms. The first kappa shape index (κ1) is 13.0. The van der Waals surface area contributed by atoms with E-state index >= 15 is 0 Å². The van der Waals surface area contributed by atoms with Crippen LogP contribution in [0.15, 0.2) is 18.2 Å². The first-order chi connectivity index (χ1) is 9.61. The van der Waals surface area contributed by atoms with Gasteiger partial charge in [0, 0.05) is 31.6 Å². The fraction of sp³-hybridized carbons (Fsp3) is 0.385. The third-order valence-electron chi connectivity index (χ3n) is 3.40. The van der Waals surface area contributed by atoms with Gasteiger partial charge in [-0.05, 0) is 18.1 Å². The standard InChI is InChI=1S/C13H15F2N5/c14-9-2-1-8(11(15)6-9)5-12-17-13(19-18-12)20-4-3-10(16)7-20/h1-2,6,10H,3-5,7,16H2,(H,17,18,19). The Bertz CT molecular complexity index is 613. The van der Waals surface area contributed by atoms with Crippen molar-refractivity contribution in [3.05, 3.63) is 41.2 Å². The van der Waals surface area contributed by atoms with Crippen LogP contribution in [0.3, 0.4) is 0 Å². The van der Waals surface area contributed by atoms with Gasteiger partial charge in [-0.25, -0.2) is 8.78 Å². The monoisotopic (exact) mass is 279 g/mol. The largest absolute Gasteiger partial charge is 0.338 e. The normalized spacial score (nSPS) is 18.8. The van der Waals surface area contributed by atoms with Gasteiger partial charge in [-0.2, -0.15) is 4.98 Å². The molecule has 1 fully saturated rings. The van der Waals surface area contributed by atoms with E-state index in [9.17, 15) is 8.78 Å². The second-order valence-electron chi connectivity index (χ2n) is 4.99. The van der Waals surface area contributed by atoms with Gasteiger partial charge in [0.05, 0.1) is 0 Å². The zero-order valence-corrected chi connectivity index (χ0v) is 10.8. The van der Waals surface area contributed by atoms with Crippen LogP contribution in [-0.2, 0) is 6.42 Å². The number of nitrogens with one attached hydrogen (secondary N) is 1. The number of nitrogens with two attached hydrogens (primary N) is 1. The molecule has 1 aliphatic rings. The molecule has 1 aromatic heterocycles. The maximum Gasteiger partial charge on any atom is 0.244 e. The van der Waals surface area contributed by atoms with Crippen molar-refractivity contribution in [2.24, 2.45) is 5.73 Å². The Balaban J connectivity index is 1.74. The maximum atomic E-state index is 13.6. The van der Waals surface area contributed by atoms with Crippen LogP contribution in [0, 0.1) is 11.6 Å². The van der Waals surface area contributed by atoms with Crippen molar-refractivity contribution >= 4 is 5.95 Å². The van der Waals surface area contributed by atoms with E-state index in [0.29, 0.717) is 17.3 Å². The molecule has 1 saturated heterocycles. The number of rotatable bonds is 3. The number of benzene rings is 1. The maximum absolute atomic E-state index is 13.6. The Kier molecular flexibility index (Phi) is 3.35. The number of aromatic amines is 1. The number of anilines is 1. The predicted octanol–water partition coefficient (Wildman–Crippen LogP) is 1.21. The van der Waals surface area contributed by atoms with Crippen molar-refractivity contribution in [1.82, 2.24) is 15.2 Å². The highest BCUT2D eigenvalue weighted by atomic mass is 19.1. The van der Waals surface area contributed by atoms with Crippen molar-refractivity contribution in [1.29, 1.82) is 0 Å². The van der Waals surface area contributed by atoms with Gasteiger partial charge in [-0.15, -0.1) is 5.10 Å². The number of hydrogen-bond donors (Lipinski definition) is 2. The molecule has 0 amide bonds. The first-order valence-corrected chi connectivity index (χ1v) is 6.47. The summed E-state index contributed by atoms with van der Waals surface area (Å²) in [6.07, 6.45) is 1.16. The number of hydrogen-bond acceptors (Lipinski definition) is 4. The van der Waals surface area contributed by atoms with Gasteiger partial charge in [-0.1, -0.05) is 6.07 Å². The molecule has 0 bridgehead atoms. The Morgan fingerprint density at radius 3 is 2.95 bits per heavy atom. The van der Waals surface area contributed by atoms with Crippen LogP contribution in [0.1, 0.15) is 17.8 Å². The number of nitrogens with zero attached hydrogens (tertiary/aromatic N) is 3. The van der Waals surface area contributed by atoms with Gasteiger partial charge in [0.2, 0.25) is 5.95 Å². The predicted molar refractivity (Wildman–Crippen MR) is 70.4 cm³/mol. The van der Waals surface area contributed by atoms with Gasteiger partial charge < -0.3 is 10.6 Å². The fourth-order valence-corrected chi connectivity index (χ4v) is 2.32. The molecular formula is C13H15F2N5. The van der Waals surface area contributed by atoms with Crippen LogP contribution in [0.5, 0.6) is 0 Å². The summed E-state index contributed by atoms with van der Waals surface area (Å²) < 4.78 is 26.4. The molecule has 106 valence electrons. The molecule has 1 aromatic carbocycles. The zero-order chi connectivity index (χ0) is 14.1. The molecule has 3 N–H and O–H groups in total. The Morgan fingerprint density at radius 1 is 1.40 bits per heavy atom. The summed E-state index contributed by atoms with van der Waals surface area (Å²) in [5, 5.41) is 6.90. The third kappa shape index (κ3) is 2.62. The molecule has 20 heavy (non-hydrogen) atoms. The van der Waals surface area contributed by atoms with Crippen molar-refractivity contribution < 1.29 is 8.78 Å². The van der Waals surface area contributed by atoms with Crippen LogP contribution in [-0.4, -0.2) is 34.3 Å². The zero-order valence-electron chi connectivity index (χ0n) is 10.8. The van der Waals surface area contributed by atoms with Crippen LogP contribution in [0.25, 0.3) is 0 Å². The third-order valence-corrected chi connectivity index (χ3v) is 3.40. The molecule has 0 saturated carbocycles. The quantitative estimate of drug-likeness (QED) is 0.886. The molecule has 0 radical (unpaired) electrons. The fourth-order valence-electron chi connectivity index (χ4n) is 2.32. The van der Waals surface area contributed by atoms with Crippen LogP contribution < -0.4 is 10.6 Å². The van der Waals surface area contributed by atoms with Gasteiger partial charge >= 0.3 is 0 Å². The molecule has 2 heterocycles. The Labute approximate surface area is 114 Å². The average Bonchev–Trinajstić information content (AvgIpc) is 3.02. The molecule has 1 aliphatic heterocycles. The van der Waals surface area contributed by atoms with Gasteiger partial charge in [0.15, 0.2) is 0 Å². The van der Waals surface area contributed by atoms with Crippen molar-refractivity contribution in [2.45, 2.75) is 18.9 Å². The molecule has 7 heteroatoms. The van der Waals surface area contributed by atoms with Gasteiger partial charge in [0.25, 0.3) is 0 Å². The minimum Gasteiger partial charge on any atom is -0.338 e. The van der Waals surface area contributed by atoms with Crippen molar-refractivity contribution in [3.8, 4) is 0 Å². The highest BCUT2D eigenvalue weighted by molar-refractivity contribution is 5.32. The molecule has 1 unspecified atom stereocenters. The number of aromatic nitrogens is 3. The Hall–Kier alpha value is -2.02. The minimum absolute atomic E-state index is 0.145. The van der Waals surface area contributed by atoms with E-state index in [-0.39, 0.29) is 12.5 Å². The number of H-pyrrole nitrogens is 1. The van der Waals surface area contributed by atoms with Crippen molar-refractivity contribution in [3.63, 3.8) is 0 Å². The van der Waals surface area contributed by atoms with E-state index in [1.807, 2.05) is 4.90 Å². The highest BCUT2D eigenvalue weighted by Gasteiger charge is 2.22. The topological polar surface area (TPSA) is 70.8 Å². The minimum atomic E-state index is -0.587. The molecule has 5 nitrogen and oxygen atoms in total. The molecular weight excluding hydrogens is 264 g/mol. The lowest BCUT2D eigenvalue weighted by Gasteiger charge is -2.11. The summed E-state index contributed by atoms with van der Waals surface area (Å²) >= 11 is 0. The van der Waals surface area contributed by atoms with Gasteiger partial charge in [-0.3, -0.25) is 5.10 Å².